The molecule has 0 aliphatic rings. The standard InChI is InChI=1S/C12H20N2O6/c15-5-11(19)9(17)1-7-3-13-4-8(14-7)2-10(18)12(20)6-16/h3-4,9-12,15-20H,1-2,5-6H2/t9-,10-,11-,12-/m1/s1. The van der Waals surface area contributed by atoms with E-state index in [2.05, 4.69) is 9.97 Å². The Morgan fingerprint density at radius 2 is 1.15 bits per heavy atom. The minimum Gasteiger partial charge on any atom is -0.394 e. The van der Waals surface area contributed by atoms with Gasteiger partial charge in [0.2, 0.25) is 0 Å². The topological polar surface area (TPSA) is 147 Å². The Kier molecular flexibility index (Phi) is 6.93. The van der Waals surface area contributed by atoms with Crippen molar-refractivity contribution < 1.29 is 30.6 Å². The summed E-state index contributed by atoms with van der Waals surface area (Å²) in [6, 6.07) is 0. The van der Waals surface area contributed by atoms with Crippen LogP contribution in [-0.4, -0.2) is 78.2 Å². The van der Waals surface area contributed by atoms with E-state index in [1.54, 1.807) is 0 Å². The number of nitrogens with zero attached hydrogens (tertiary/aromatic N) is 2. The van der Waals surface area contributed by atoms with Crippen molar-refractivity contribution in [3.05, 3.63) is 23.8 Å². The van der Waals surface area contributed by atoms with Gasteiger partial charge in [0.1, 0.15) is 12.2 Å². The van der Waals surface area contributed by atoms with Crippen LogP contribution in [0.15, 0.2) is 12.4 Å². The van der Waals surface area contributed by atoms with Crippen LogP contribution in [0, 0.1) is 0 Å². The highest BCUT2D eigenvalue weighted by atomic mass is 16.4. The van der Waals surface area contributed by atoms with Gasteiger partial charge in [0.15, 0.2) is 0 Å². The predicted octanol–water partition coefficient (Wildman–Crippen LogP) is -3.01. The predicted molar refractivity (Wildman–Crippen MR) is 67.6 cm³/mol. The van der Waals surface area contributed by atoms with Crippen molar-refractivity contribution in [1.29, 1.82) is 0 Å². The van der Waals surface area contributed by atoms with Gasteiger partial charge in [-0.25, -0.2) is 0 Å². The summed E-state index contributed by atoms with van der Waals surface area (Å²) in [7, 11) is 0. The van der Waals surface area contributed by atoms with E-state index in [4.69, 9.17) is 10.2 Å². The van der Waals surface area contributed by atoms with Crippen LogP contribution in [0.5, 0.6) is 0 Å². The fourth-order valence-electron chi connectivity index (χ4n) is 1.59. The molecule has 1 heterocycles. The van der Waals surface area contributed by atoms with E-state index in [0.717, 1.165) is 0 Å². The first kappa shape index (κ1) is 16.9. The van der Waals surface area contributed by atoms with Gasteiger partial charge in [-0.3, -0.25) is 9.97 Å². The van der Waals surface area contributed by atoms with E-state index in [0.29, 0.717) is 11.4 Å². The van der Waals surface area contributed by atoms with E-state index in [1.165, 1.54) is 12.4 Å². The first-order valence-corrected chi connectivity index (χ1v) is 6.21. The van der Waals surface area contributed by atoms with Gasteiger partial charge in [-0.15, -0.1) is 0 Å². The van der Waals surface area contributed by atoms with Gasteiger partial charge in [0.25, 0.3) is 0 Å². The zero-order chi connectivity index (χ0) is 15.1. The average molecular weight is 288 g/mol. The van der Waals surface area contributed by atoms with Gasteiger partial charge in [0, 0.05) is 25.2 Å². The third kappa shape index (κ3) is 5.08. The summed E-state index contributed by atoms with van der Waals surface area (Å²) < 4.78 is 0. The molecule has 8 nitrogen and oxygen atoms in total. The zero-order valence-electron chi connectivity index (χ0n) is 10.9. The molecule has 0 spiro atoms. The molecule has 1 aromatic heterocycles. The molecular weight excluding hydrogens is 268 g/mol. The minimum atomic E-state index is -1.26. The summed E-state index contributed by atoms with van der Waals surface area (Å²) in [5.41, 5.74) is 0.765. The van der Waals surface area contributed by atoms with Crippen LogP contribution in [-0.2, 0) is 12.8 Å². The van der Waals surface area contributed by atoms with Crippen molar-refractivity contribution in [2.75, 3.05) is 13.2 Å². The van der Waals surface area contributed by atoms with E-state index in [9.17, 15) is 20.4 Å². The Morgan fingerprint density at radius 3 is 1.50 bits per heavy atom. The average Bonchev–Trinajstić information content (AvgIpc) is 2.45. The minimum absolute atomic E-state index is 0.00121. The number of aromatic nitrogens is 2. The molecule has 0 aromatic carbocycles. The fourth-order valence-corrected chi connectivity index (χ4v) is 1.59. The zero-order valence-corrected chi connectivity index (χ0v) is 10.9. The first-order valence-electron chi connectivity index (χ1n) is 6.21. The van der Waals surface area contributed by atoms with Crippen molar-refractivity contribution in [1.82, 2.24) is 9.97 Å². The summed E-state index contributed by atoms with van der Waals surface area (Å²) in [5, 5.41) is 55.1. The summed E-state index contributed by atoms with van der Waals surface area (Å²) in [6.07, 6.45) is -2.07. The van der Waals surface area contributed by atoms with Crippen molar-refractivity contribution >= 4 is 0 Å². The quantitative estimate of drug-likeness (QED) is 0.296. The SMILES string of the molecule is OC[C@@H](O)[C@H](O)Cc1cncc(C[C@@H](O)[C@H](O)CO)n1. The summed E-state index contributed by atoms with van der Waals surface area (Å²) in [5.74, 6) is 0. The van der Waals surface area contributed by atoms with Gasteiger partial charge >= 0.3 is 0 Å². The lowest BCUT2D eigenvalue weighted by Crippen LogP contribution is -2.32. The molecule has 0 saturated carbocycles. The van der Waals surface area contributed by atoms with E-state index in [-0.39, 0.29) is 12.8 Å². The maximum Gasteiger partial charge on any atom is 0.103 e. The fraction of sp³-hybridized carbons (Fsp3) is 0.667. The Bertz CT molecular complexity index is 372. The number of hydrogen-bond donors (Lipinski definition) is 6. The molecule has 0 saturated heterocycles. The normalized spacial score (nSPS) is 17.5. The molecule has 1 aromatic rings. The highest BCUT2D eigenvalue weighted by molar-refractivity contribution is 5.06. The molecule has 20 heavy (non-hydrogen) atoms. The van der Waals surface area contributed by atoms with Crippen LogP contribution >= 0.6 is 0 Å². The third-order valence-electron chi connectivity index (χ3n) is 2.83. The van der Waals surface area contributed by atoms with Crippen molar-refractivity contribution in [2.24, 2.45) is 0 Å². The van der Waals surface area contributed by atoms with Crippen LogP contribution in [0.3, 0.4) is 0 Å². The highest BCUT2D eigenvalue weighted by Crippen LogP contribution is 2.07. The van der Waals surface area contributed by atoms with Crippen molar-refractivity contribution in [3.63, 3.8) is 0 Å². The van der Waals surface area contributed by atoms with Crippen LogP contribution in [0.1, 0.15) is 11.4 Å². The van der Waals surface area contributed by atoms with Gasteiger partial charge < -0.3 is 30.6 Å². The molecule has 1 rings (SSSR count). The number of aliphatic hydroxyl groups is 6. The molecule has 114 valence electrons. The molecule has 0 unspecified atom stereocenters. The third-order valence-corrected chi connectivity index (χ3v) is 2.83. The Balaban J connectivity index is 2.66. The molecule has 0 amide bonds. The highest BCUT2D eigenvalue weighted by Gasteiger charge is 2.19. The number of hydrogen-bond acceptors (Lipinski definition) is 8. The second-order valence-corrected chi connectivity index (χ2v) is 4.54. The Hall–Kier alpha value is -1.16. The summed E-state index contributed by atoms with van der Waals surface area (Å²) in [4.78, 5) is 8.01. The lowest BCUT2D eigenvalue weighted by Gasteiger charge is -2.16. The van der Waals surface area contributed by atoms with Crippen LogP contribution < -0.4 is 0 Å². The molecule has 0 radical (unpaired) electrons. The van der Waals surface area contributed by atoms with Crippen LogP contribution in [0.25, 0.3) is 0 Å². The monoisotopic (exact) mass is 288 g/mol. The maximum absolute atomic E-state index is 9.57. The molecule has 0 bridgehead atoms. The van der Waals surface area contributed by atoms with Gasteiger partial charge in [-0.2, -0.15) is 0 Å². The Labute approximate surface area is 116 Å². The number of aliphatic hydroxyl groups excluding tert-OH is 6. The first-order chi connectivity index (χ1) is 9.47. The second-order valence-electron chi connectivity index (χ2n) is 4.54. The van der Waals surface area contributed by atoms with E-state index in [1.807, 2.05) is 0 Å². The van der Waals surface area contributed by atoms with Gasteiger partial charge in [-0.05, 0) is 0 Å². The van der Waals surface area contributed by atoms with E-state index >= 15 is 0 Å². The smallest absolute Gasteiger partial charge is 0.103 e. The maximum atomic E-state index is 9.57. The largest absolute Gasteiger partial charge is 0.394 e. The lowest BCUT2D eigenvalue weighted by molar-refractivity contribution is -0.0148. The summed E-state index contributed by atoms with van der Waals surface area (Å²) in [6.45, 7) is -1.12. The van der Waals surface area contributed by atoms with Gasteiger partial charge in [0.05, 0.1) is 36.8 Å². The van der Waals surface area contributed by atoms with Crippen LogP contribution in [0.2, 0.25) is 0 Å². The number of rotatable bonds is 8. The lowest BCUT2D eigenvalue weighted by atomic mass is 10.1. The van der Waals surface area contributed by atoms with Gasteiger partial charge in [-0.1, -0.05) is 0 Å². The van der Waals surface area contributed by atoms with Crippen LogP contribution in [0.4, 0.5) is 0 Å². The molecular formula is C12H20N2O6. The van der Waals surface area contributed by atoms with Crippen molar-refractivity contribution in [2.45, 2.75) is 37.3 Å². The molecule has 0 fully saturated rings. The summed E-state index contributed by atoms with van der Waals surface area (Å²) >= 11 is 0. The molecule has 6 N–H and O–H groups in total. The molecule has 0 aliphatic carbocycles. The Morgan fingerprint density at radius 1 is 0.750 bits per heavy atom. The molecule has 4 atom stereocenters. The molecule has 8 heteroatoms. The van der Waals surface area contributed by atoms with E-state index < -0.39 is 37.6 Å². The molecule has 0 aliphatic heterocycles. The van der Waals surface area contributed by atoms with Crippen molar-refractivity contribution in [3.8, 4) is 0 Å². The second kappa shape index (κ2) is 8.20.